The van der Waals surface area contributed by atoms with Crippen molar-refractivity contribution in [3.63, 3.8) is 0 Å². The van der Waals surface area contributed by atoms with Gasteiger partial charge in [0.2, 0.25) is 0 Å². The van der Waals surface area contributed by atoms with Crippen LogP contribution in [-0.4, -0.2) is 43.0 Å². The molecule has 0 fully saturated rings. The number of benzene rings is 1. The van der Waals surface area contributed by atoms with E-state index >= 15 is 0 Å². The lowest BCUT2D eigenvalue weighted by molar-refractivity contribution is -0.152. The quantitative estimate of drug-likeness (QED) is 0.0472. The van der Waals surface area contributed by atoms with E-state index < -0.39 is 17.9 Å². The van der Waals surface area contributed by atoms with Gasteiger partial charge in [-0.3, -0.25) is 4.79 Å². The molecule has 6 atom stereocenters. The fourth-order valence-corrected chi connectivity index (χ4v) is 7.63. The highest BCUT2D eigenvalue weighted by Crippen LogP contribution is 2.43. The van der Waals surface area contributed by atoms with Gasteiger partial charge in [-0.15, -0.1) is 0 Å². The number of ether oxygens (including phenoxy) is 3. The van der Waals surface area contributed by atoms with Crippen molar-refractivity contribution in [1.82, 2.24) is 0 Å². The van der Waals surface area contributed by atoms with E-state index in [1.165, 1.54) is 37.7 Å². The molecule has 0 saturated heterocycles. The highest BCUT2D eigenvalue weighted by atomic mass is 16.7. The van der Waals surface area contributed by atoms with E-state index in [1.54, 1.807) is 12.1 Å². The predicted octanol–water partition coefficient (Wildman–Crippen LogP) is 12.7. The number of esters is 1. The number of hydrogen-bond acceptors (Lipinski definition) is 7. The zero-order chi connectivity index (χ0) is 41.7. The molecule has 0 radical (unpaired) electrons. The summed E-state index contributed by atoms with van der Waals surface area (Å²) in [5.74, 6) is 5.00. The van der Waals surface area contributed by atoms with E-state index in [-0.39, 0.29) is 28.5 Å². The molecule has 0 saturated carbocycles. The zero-order valence-electron chi connectivity index (χ0n) is 37.8. The largest absolute Gasteiger partial charge is 0.466 e. The van der Waals surface area contributed by atoms with Gasteiger partial charge in [0.15, 0.2) is 0 Å². The van der Waals surface area contributed by atoms with Crippen LogP contribution in [0.1, 0.15) is 191 Å². The summed E-state index contributed by atoms with van der Waals surface area (Å²) in [6, 6.07) is 9.05. The molecule has 1 aromatic rings. The Balaban J connectivity index is 2.46. The predicted molar refractivity (Wildman–Crippen MR) is 230 cm³/mol. The third-order valence-corrected chi connectivity index (χ3v) is 13.3. The van der Waals surface area contributed by atoms with Gasteiger partial charge in [-0.25, -0.2) is 4.79 Å². The van der Waals surface area contributed by atoms with Gasteiger partial charge in [0.1, 0.15) is 0 Å². The SMILES string of the molecule is CCC(C)(OCCC(C)CCC=C(C)C)C(C)(C)CCCC(C)CCOC(C)(CC)C(C)(C)CCCC(C)CCOC(=O)CC(C(=O)ON)c1ccccc1. The van der Waals surface area contributed by atoms with Gasteiger partial charge < -0.3 is 19.0 Å². The maximum Gasteiger partial charge on any atom is 0.332 e. The molecule has 55 heavy (non-hydrogen) atoms. The molecule has 0 aromatic heterocycles. The minimum Gasteiger partial charge on any atom is -0.466 e. The van der Waals surface area contributed by atoms with Crippen LogP contribution in [0, 0.1) is 28.6 Å². The Kier molecular flexibility index (Phi) is 23.3. The highest BCUT2D eigenvalue weighted by molar-refractivity contribution is 5.84. The first-order valence-electron chi connectivity index (χ1n) is 21.8. The molecule has 0 spiro atoms. The summed E-state index contributed by atoms with van der Waals surface area (Å²) in [4.78, 5) is 29.2. The van der Waals surface area contributed by atoms with Gasteiger partial charge in [-0.2, -0.15) is 5.90 Å². The Morgan fingerprint density at radius 3 is 1.58 bits per heavy atom. The molecule has 0 aliphatic heterocycles. The number of allylic oxidation sites excluding steroid dienone is 2. The lowest BCUT2D eigenvalue weighted by Gasteiger charge is -2.44. The first kappa shape index (κ1) is 50.8. The molecule has 0 aliphatic rings. The average molecular weight is 772 g/mol. The van der Waals surface area contributed by atoms with Crippen LogP contribution >= 0.6 is 0 Å². The van der Waals surface area contributed by atoms with Crippen molar-refractivity contribution in [2.24, 2.45) is 34.5 Å². The van der Waals surface area contributed by atoms with E-state index in [1.807, 2.05) is 18.2 Å². The van der Waals surface area contributed by atoms with Crippen molar-refractivity contribution in [2.75, 3.05) is 19.8 Å². The second-order valence-electron chi connectivity index (χ2n) is 18.8. The number of nitrogens with two attached hydrogens (primary N) is 1. The van der Waals surface area contributed by atoms with Crippen molar-refractivity contribution in [3.8, 4) is 0 Å². The summed E-state index contributed by atoms with van der Waals surface area (Å²) in [5, 5.41) is 0. The first-order valence-corrected chi connectivity index (χ1v) is 21.8. The third-order valence-electron chi connectivity index (χ3n) is 13.3. The summed E-state index contributed by atoms with van der Waals surface area (Å²) in [6.07, 6.45) is 16.4. The number of rotatable bonds is 30. The summed E-state index contributed by atoms with van der Waals surface area (Å²) in [6.45, 7) is 31.9. The van der Waals surface area contributed by atoms with Gasteiger partial charge in [-0.1, -0.05) is 130 Å². The molecular formula is C48H85NO6. The third kappa shape index (κ3) is 18.3. The standard InChI is InChI=1S/C48H85NO6/c1-14-47(12,53-34-29-38(5)23-19-22-37(3)4)46(10,11)32-21-25-40(7)30-35-54-48(13,15-2)45(8,9)31-20-24-39(6)28-33-52-43(50)36-42(44(51)55-49)41-26-17-16-18-27-41/h16-18,22,26-27,38-40,42H,14-15,19-21,23-25,28-36,49H2,1-13H3. The van der Waals surface area contributed by atoms with Crippen LogP contribution in [0.15, 0.2) is 42.0 Å². The molecule has 318 valence electrons. The Morgan fingerprint density at radius 1 is 0.691 bits per heavy atom. The molecule has 2 N–H and O–H groups in total. The topological polar surface area (TPSA) is 97.1 Å². The summed E-state index contributed by atoms with van der Waals surface area (Å²) in [7, 11) is 0. The molecule has 6 unspecified atom stereocenters. The Bertz CT molecular complexity index is 1240. The summed E-state index contributed by atoms with van der Waals surface area (Å²) < 4.78 is 18.9. The van der Waals surface area contributed by atoms with Crippen LogP contribution in [0.3, 0.4) is 0 Å². The molecular weight excluding hydrogens is 687 g/mol. The fraction of sp³-hybridized carbons (Fsp3) is 0.792. The van der Waals surface area contributed by atoms with Crippen LogP contribution in [-0.2, 0) is 28.6 Å². The smallest absolute Gasteiger partial charge is 0.332 e. The van der Waals surface area contributed by atoms with Crippen molar-refractivity contribution >= 4 is 11.9 Å². The zero-order valence-corrected chi connectivity index (χ0v) is 37.8. The van der Waals surface area contributed by atoms with Crippen molar-refractivity contribution < 1.29 is 28.6 Å². The molecule has 0 heterocycles. The molecule has 0 aliphatic carbocycles. The minimum absolute atomic E-state index is 0.0270. The van der Waals surface area contributed by atoms with Crippen molar-refractivity contribution in [2.45, 2.75) is 197 Å². The van der Waals surface area contributed by atoms with Crippen LogP contribution < -0.4 is 5.90 Å². The highest BCUT2D eigenvalue weighted by Gasteiger charge is 2.41. The van der Waals surface area contributed by atoms with Crippen LogP contribution in [0.2, 0.25) is 0 Å². The Labute approximate surface area is 338 Å². The van der Waals surface area contributed by atoms with Gasteiger partial charge >= 0.3 is 11.9 Å². The van der Waals surface area contributed by atoms with Crippen molar-refractivity contribution in [3.05, 3.63) is 47.5 Å². The lowest BCUT2D eigenvalue weighted by Crippen LogP contribution is -2.44. The van der Waals surface area contributed by atoms with Gasteiger partial charge in [0, 0.05) is 13.2 Å². The monoisotopic (exact) mass is 772 g/mol. The Morgan fingerprint density at radius 2 is 1.15 bits per heavy atom. The second-order valence-corrected chi connectivity index (χ2v) is 18.8. The maximum absolute atomic E-state index is 12.6. The number of carbonyl (C=O) groups is 2. The number of hydrogen-bond donors (Lipinski definition) is 1. The van der Waals surface area contributed by atoms with Crippen LogP contribution in [0.4, 0.5) is 0 Å². The molecule has 1 rings (SSSR count). The van der Waals surface area contributed by atoms with Gasteiger partial charge in [0.25, 0.3) is 0 Å². The van der Waals surface area contributed by atoms with E-state index in [2.05, 4.69) is 101 Å². The van der Waals surface area contributed by atoms with E-state index in [0.717, 1.165) is 64.6 Å². The first-order chi connectivity index (χ1) is 25.8. The molecule has 0 amide bonds. The number of carbonyl (C=O) groups excluding carboxylic acids is 2. The Hall–Kier alpha value is -2.22. The summed E-state index contributed by atoms with van der Waals surface area (Å²) in [5.41, 5.74) is 1.92. The lowest BCUT2D eigenvalue weighted by atomic mass is 9.70. The van der Waals surface area contributed by atoms with Gasteiger partial charge in [-0.05, 0) is 120 Å². The second kappa shape index (κ2) is 25.2. The van der Waals surface area contributed by atoms with Crippen molar-refractivity contribution in [1.29, 1.82) is 0 Å². The summed E-state index contributed by atoms with van der Waals surface area (Å²) >= 11 is 0. The van der Waals surface area contributed by atoms with Gasteiger partial charge in [0.05, 0.1) is 30.1 Å². The minimum atomic E-state index is -0.774. The van der Waals surface area contributed by atoms with E-state index in [0.29, 0.717) is 29.9 Å². The average Bonchev–Trinajstić information content (AvgIpc) is 3.13. The van der Waals surface area contributed by atoms with Crippen LogP contribution in [0.25, 0.3) is 0 Å². The maximum atomic E-state index is 12.6. The van der Waals surface area contributed by atoms with Crippen LogP contribution in [0.5, 0.6) is 0 Å². The molecule has 1 aromatic carbocycles. The van der Waals surface area contributed by atoms with E-state index in [9.17, 15) is 9.59 Å². The molecule has 7 nitrogen and oxygen atoms in total. The molecule has 0 bridgehead atoms. The van der Waals surface area contributed by atoms with E-state index in [4.69, 9.17) is 20.1 Å². The fourth-order valence-electron chi connectivity index (χ4n) is 7.63. The molecule has 7 heteroatoms. The normalized spacial score (nSPS) is 16.6.